The zero-order valence-electron chi connectivity index (χ0n) is 12.5. The van der Waals surface area contributed by atoms with E-state index in [2.05, 4.69) is 52.0 Å². The van der Waals surface area contributed by atoms with E-state index in [4.69, 9.17) is 0 Å². The van der Waals surface area contributed by atoms with E-state index in [0.717, 1.165) is 11.8 Å². The summed E-state index contributed by atoms with van der Waals surface area (Å²) in [5.74, 6) is 1.81. The SMILES string of the molecule is CCCC1CC(C)CC(C)(c2ccc(C)cc2)C1. The molecule has 1 saturated carbocycles. The van der Waals surface area contributed by atoms with E-state index < -0.39 is 0 Å². The van der Waals surface area contributed by atoms with Crippen LogP contribution in [0.5, 0.6) is 0 Å². The van der Waals surface area contributed by atoms with Crippen LogP contribution in [0.4, 0.5) is 0 Å². The number of aryl methyl sites for hydroxylation is 1. The van der Waals surface area contributed by atoms with Gasteiger partial charge in [-0.2, -0.15) is 0 Å². The van der Waals surface area contributed by atoms with Crippen molar-refractivity contribution < 1.29 is 0 Å². The van der Waals surface area contributed by atoms with Crippen molar-refractivity contribution in [3.05, 3.63) is 35.4 Å². The number of hydrogen-bond donors (Lipinski definition) is 0. The fraction of sp³-hybridized carbons (Fsp3) is 0.667. The van der Waals surface area contributed by atoms with Crippen LogP contribution >= 0.6 is 0 Å². The van der Waals surface area contributed by atoms with Gasteiger partial charge in [0.1, 0.15) is 0 Å². The minimum Gasteiger partial charge on any atom is -0.0654 e. The van der Waals surface area contributed by atoms with E-state index in [0.29, 0.717) is 5.41 Å². The van der Waals surface area contributed by atoms with Gasteiger partial charge in [0.05, 0.1) is 0 Å². The third kappa shape index (κ3) is 2.96. The van der Waals surface area contributed by atoms with Crippen molar-refractivity contribution in [3.63, 3.8) is 0 Å². The maximum atomic E-state index is 2.48. The fourth-order valence-corrected chi connectivity index (χ4v) is 4.05. The highest BCUT2D eigenvalue weighted by Crippen LogP contribution is 2.45. The molecular weight excluding hydrogens is 216 g/mol. The van der Waals surface area contributed by atoms with Gasteiger partial charge in [0.25, 0.3) is 0 Å². The van der Waals surface area contributed by atoms with Crippen LogP contribution in [-0.4, -0.2) is 0 Å². The van der Waals surface area contributed by atoms with Crippen molar-refractivity contribution in [2.45, 2.75) is 65.2 Å². The Balaban J connectivity index is 2.20. The molecule has 1 aromatic carbocycles. The van der Waals surface area contributed by atoms with Crippen molar-refractivity contribution in [1.82, 2.24) is 0 Å². The van der Waals surface area contributed by atoms with Gasteiger partial charge in [0, 0.05) is 0 Å². The second-order valence-electron chi connectivity index (χ2n) is 6.83. The minimum atomic E-state index is 0.408. The minimum absolute atomic E-state index is 0.408. The van der Waals surface area contributed by atoms with Crippen molar-refractivity contribution in [2.75, 3.05) is 0 Å². The third-order valence-electron chi connectivity index (χ3n) is 4.72. The lowest BCUT2D eigenvalue weighted by atomic mass is 9.63. The summed E-state index contributed by atoms with van der Waals surface area (Å²) in [5.41, 5.74) is 3.34. The molecule has 100 valence electrons. The Morgan fingerprint density at radius 3 is 2.44 bits per heavy atom. The molecule has 3 atom stereocenters. The summed E-state index contributed by atoms with van der Waals surface area (Å²) >= 11 is 0. The first-order valence-corrected chi connectivity index (χ1v) is 7.60. The monoisotopic (exact) mass is 244 g/mol. The average molecular weight is 244 g/mol. The topological polar surface area (TPSA) is 0 Å². The van der Waals surface area contributed by atoms with Crippen LogP contribution in [0.3, 0.4) is 0 Å². The molecule has 0 spiro atoms. The van der Waals surface area contributed by atoms with Gasteiger partial charge in [0.2, 0.25) is 0 Å². The first kappa shape index (κ1) is 13.6. The Labute approximate surface area is 113 Å². The summed E-state index contributed by atoms with van der Waals surface area (Å²) in [7, 11) is 0. The molecular formula is C18H28. The highest BCUT2D eigenvalue weighted by atomic mass is 14.4. The predicted octanol–water partition coefficient (Wildman–Crippen LogP) is 5.49. The molecule has 1 fully saturated rings. The molecule has 0 nitrogen and oxygen atoms in total. The van der Waals surface area contributed by atoms with E-state index in [1.54, 1.807) is 5.56 Å². The summed E-state index contributed by atoms with van der Waals surface area (Å²) in [4.78, 5) is 0. The average Bonchev–Trinajstić information content (AvgIpc) is 2.28. The summed E-state index contributed by atoms with van der Waals surface area (Å²) < 4.78 is 0. The molecule has 0 aliphatic heterocycles. The molecule has 0 amide bonds. The van der Waals surface area contributed by atoms with E-state index >= 15 is 0 Å². The lowest BCUT2D eigenvalue weighted by Crippen LogP contribution is -2.33. The van der Waals surface area contributed by atoms with Gasteiger partial charge in [-0.3, -0.25) is 0 Å². The van der Waals surface area contributed by atoms with Gasteiger partial charge in [-0.25, -0.2) is 0 Å². The molecule has 0 saturated heterocycles. The molecule has 0 heteroatoms. The van der Waals surface area contributed by atoms with Crippen molar-refractivity contribution in [2.24, 2.45) is 11.8 Å². The second-order valence-corrected chi connectivity index (χ2v) is 6.83. The van der Waals surface area contributed by atoms with E-state index in [-0.39, 0.29) is 0 Å². The quantitative estimate of drug-likeness (QED) is 0.659. The van der Waals surface area contributed by atoms with Crippen molar-refractivity contribution in [3.8, 4) is 0 Å². The lowest BCUT2D eigenvalue weighted by molar-refractivity contribution is 0.174. The van der Waals surface area contributed by atoms with E-state index in [9.17, 15) is 0 Å². The zero-order chi connectivity index (χ0) is 13.2. The van der Waals surface area contributed by atoms with E-state index in [1.165, 1.54) is 37.7 Å². The zero-order valence-corrected chi connectivity index (χ0v) is 12.5. The van der Waals surface area contributed by atoms with Gasteiger partial charge in [-0.05, 0) is 49.0 Å². The Bertz CT molecular complexity index is 376. The molecule has 1 aliphatic rings. The molecule has 1 aromatic rings. The standard InChI is InChI=1S/C18H28/c1-5-6-16-11-15(3)12-18(4,13-16)17-9-7-14(2)8-10-17/h7-10,15-16H,5-6,11-13H2,1-4H3. The van der Waals surface area contributed by atoms with Gasteiger partial charge in [-0.15, -0.1) is 0 Å². The lowest BCUT2D eigenvalue weighted by Gasteiger charge is -2.42. The highest BCUT2D eigenvalue weighted by molar-refractivity contribution is 5.28. The van der Waals surface area contributed by atoms with Crippen molar-refractivity contribution in [1.29, 1.82) is 0 Å². The van der Waals surface area contributed by atoms with Gasteiger partial charge < -0.3 is 0 Å². The maximum absolute atomic E-state index is 2.48. The first-order chi connectivity index (χ1) is 8.53. The van der Waals surface area contributed by atoms with Crippen LogP contribution in [0.15, 0.2) is 24.3 Å². The van der Waals surface area contributed by atoms with E-state index in [1.807, 2.05) is 0 Å². The first-order valence-electron chi connectivity index (χ1n) is 7.60. The third-order valence-corrected chi connectivity index (χ3v) is 4.72. The molecule has 2 rings (SSSR count). The fourth-order valence-electron chi connectivity index (χ4n) is 4.05. The molecule has 0 bridgehead atoms. The van der Waals surface area contributed by atoms with Crippen molar-refractivity contribution >= 4 is 0 Å². The molecule has 3 unspecified atom stereocenters. The normalized spacial score (nSPS) is 32.4. The van der Waals surface area contributed by atoms with Gasteiger partial charge in [-0.1, -0.05) is 63.4 Å². The Hall–Kier alpha value is -0.780. The summed E-state index contributed by atoms with van der Waals surface area (Å²) in [6.07, 6.45) is 6.92. The number of benzene rings is 1. The molecule has 18 heavy (non-hydrogen) atoms. The maximum Gasteiger partial charge on any atom is -0.00701 e. The number of rotatable bonds is 3. The summed E-state index contributed by atoms with van der Waals surface area (Å²) in [6, 6.07) is 9.26. The van der Waals surface area contributed by atoms with Crippen LogP contribution in [0, 0.1) is 18.8 Å². The second kappa shape index (κ2) is 5.47. The Kier molecular flexibility index (Phi) is 4.14. The Morgan fingerprint density at radius 1 is 1.17 bits per heavy atom. The Morgan fingerprint density at radius 2 is 1.83 bits per heavy atom. The molecule has 0 radical (unpaired) electrons. The highest BCUT2D eigenvalue weighted by Gasteiger charge is 2.36. The predicted molar refractivity (Wildman–Crippen MR) is 79.9 cm³/mol. The summed E-state index contributed by atoms with van der Waals surface area (Å²) in [5, 5.41) is 0. The van der Waals surface area contributed by atoms with Crippen LogP contribution in [0.25, 0.3) is 0 Å². The van der Waals surface area contributed by atoms with Crippen LogP contribution in [-0.2, 0) is 5.41 Å². The van der Waals surface area contributed by atoms with Crippen LogP contribution in [0.1, 0.15) is 64.0 Å². The van der Waals surface area contributed by atoms with Crippen LogP contribution < -0.4 is 0 Å². The molecule has 0 aromatic heterocycles. The van der Waals surface area contributed by atoms with Gasteiger partial charge in [0.15, 0.2) is 0 Å². The largest absolute Gasteiger partial charge is 0.0654 e. The molecule has 1 aliphatic carbocycles. The van der Waals surface area contributed by atoms with Crippen LogP contribution in [0.2, 0.25) is 0 Å². The summed E-state index contributed by atoms with van der Waals surface area (Å²) in [6.45, 7) is 9.42. The molecule has 0 heterocycles. The van der Waals surface area contributed by atoms with Gasteiger partial charge >= 0.3 is 0 Å². The smallest absolute Gasteiger partial charge is 0.00701 e. The number of hydrogen-bond acceptors (Lipinski definition) is 0. The molecule has 0 N–H and O–H groups in total.